The van der Waals surface area contributed by atoms with Crippen molar-refractivity contribution in [1.29, 1.82) is 0 Å². The summed E-state index contributed by atoms with van der Waals surface area (Å²) in [6.45, 7) is 0. The summed E-state index contributed by atoms with van der Waals surface area (Å²) in [5.74, 6) is -0.208. The second kappa shape index (κ2) is 11.7. The van der Waals surface area contributed by atoms with Gasteiger partial charge in [-0.2, -0.15) is 15.3 Å². The van der Waals surface area contributed by atoms with E-state index in [1.54, 1.807) is 39.8 Å². The van der Waals surface area contributed by atoms with E-state index in [-0.39, 0.29) is 10.8 Å². The summed E-state index contributed by atoms with van der Waals surface area (Å²) >= 11 is 1.13. The number of aromatic nitrogens is 4. The summed E-state index contributed by atoms with van der Waals surface area (Å²) in [4.78, 5) is 26.7. The molecule has 0 aliphatic rings. The van der Waals surface area contributed by atoms with Crippen molar-refractivity contribution in [2.75, 3.05) is 0 Å². The first-order valence-corrected chi connectivity index (χ1v) is 14.5. The zero-order valence-electron chi connectivity index (χ0n) is 23.0. The van der Waals surface area contributed by atoms with Crippen LogP contribution in [0.4, 0.5) is 0 Å². The van der Waals surface area contributed by atoms with Crippen molar-refractivity contribution in [3.8, 4) is 22.6 Å². The molecule has 0 radical (unpaired) electrons. The number of carbonyl (C=O) groups excluding carboxylic acids is 1. The molecule has 0 fully saturated rings. The predicted octanol–water partition coefficient (Wildman–Crippen LogP) is 6.06. The molecular weight excluding hydrogens is 572 g/mol. The number of benzene rings is 4. The summed E-state index contributed by atoms with van der Waals surface area (Å²) in [6, 6.07) is 37.0. The number of carbonyl (C=O) groups is 1. The molecule has 0 amide bonds. The Balaban J connectivity index is 1.34. The van der Waals surface area contributed by atoms with E-state index in [9.17, 15) is 9.59 Å². The fraction of sp³-hybridized carbons (Fsp3) is 0. The van der Waals surface area contributed by atoms with Crippen LogP contribution in [-0.4, -0.2) is 31.6 Å². The Hall–Kier alpha value is -6.00. The van der Waals surface area contributed by atoms with Crippen LogP contribution in [0.15, 0.2) is 147 Å². The molecule has 0 saturated carbocycles. The maximum atomic E-state index is 13.2. The fourth-order valence-electron chi connectivity index (χ4n) is 4.66. The van der Waals surface area contributed by atoms with E-state index in [4.69, 9.17) is 9.52 Å². The van der Waals surface area contributed by atoms with Crippen LogP contribution in [0, 0.1) is 0 Å². The van der Waals surface area contributed by atoms with Crippen LogP contribution in [0.2, 0.25) is 0 Å². The van der Waals surface area contributed by atoms with Crippen molar-refractivity contribution in [3.63, 3.8) is 0 Å². The molecule has 4 aromatic carbocycles. The van der Waals surface area contributed by atoms with Crippen LogP contribution in [0.5, 0.6) is 0 Å². The highest BCUT2D eigenvalue weighted by Gasteiger charge is 2.18. The van der Waals surface area contributed by atoms with Gasteiger partial charge < -0.3 is 4.42 Å². The van der Waals surface area contributed by atoms with Gasteiger partial charge in [0.25, 0.3) is 0 Å². The molecule has 0 unspecified atom stereocenters. The van der Waals surface area contributed by atoms with E-state index in [1.165, 1.54) is 6.21 Å². The smallest absolute Gasteiger partial charge is 0.345 e. The average Bonchev–Trinajstić information content (AvgIpc) is 3.70. The Kier molecular flexibility index (Phi) is 7.15. The Bertz CT molecular complexity index is 2270. The molecule has 9 nitrogen and oxygen atoms in total. The van der Waals surface area contributed by atoms with Crippen LogP contribution >= 0.6 is 11.3 Å². The van der Waals surface area contributed by atoms with E-state index in [1.807, 2.05) is 97.1 Å². The molecule has 0 saturated heterocycles. The van der Waals surface area contributed by atoms with Gasteiger partial charge in [0.15, 0.2) is 5.01 Å². The fourth-order valence-corrected chi connectivity index (χ4v) is 5.49. The van der Waals surface area contributed by atoms with Gasteiger partial charge in [0.2, 0.25) is 10.6 Å². The first kappa shape index (κ1) is 26.9. The summed E-state index contributed by atoms with van der Waals surface area (Å²) < 4.78 is 8.87. The quantitative estimate of drug-likeness (QED) is 0.0965. The number of ketones is 1. The largest absolute Gasteiger partial charge is 0.422 e. The molecule has 212 valence electrons. The van der Waals surface area contributed by atoms with Gasteiger partial charge in [0, 0.05) is 22.7 Å². The van der Waals surface area contributed by atoms with E-state index < -0.39 is 5.63 Å². The monoisotopic (exact) mass is 594 g/mol. The van der Waals surface area contributed by atoms with Gasteiger partial charge >= 0.3 is 5.63 Å². The van der Waals surface area contributed by atoms with Crippen LogP contribution in [0.3, 0.4) is 0 Å². The van der Waals surface area contributed by atoms with Crippen LogP contribution in [0.25, 0.3) is 33.6 Å². The molecule has 0 aliphatic heterocycles. The van der Waals surface area contributed by atoms with Crippen molar-refractivity contribution < 1.29 is 9.21 Å². The van der Waals surface area contributed by atoms with Gasteiger partial charge in [-0.3, -0.25) is 4.79 Å². The molecule has 44 heavy (non-hydrogen) atoms. The standard InChI is InChI=1S/C34H22N6O3S/c41-31(23-12-4-1-5-13-23)32-38-40(27-17-8-3-9-18-27)34(44-32)36-35-21-25-22-39(26-15-6-2-7-16-26)37-30(25)28-20-24-14-10-11-19-29(24)43-33(28)42/h1-22H/b35-21?,36-34-. The van der Waals surface area contributed by atoms with Crippen molar-refractivity contribution in [3.05, 3.63) is 159 Å². The summed E-state index contributed by atoms with van der Waals surface area (Å²) in [5, 5.41) is 19.2. The molecule has 0 aliphatic carbocycles. The molecule has 7 rings (SSSR count). The minimum atomic E-state index is -0.512. The Morgan fingerprint density at radius 3 is 2.20 bits per heavy atom. The van der Waals surface area contributed by atoms with Crippen molar-refractivity contribution >= 4 is 34.3 Å². The molecule has 0 spiro atoms. The molecule has 7 aromatic rings. The molecule has 0 bridgehead atoms. The Labute approximate surface area is 254 Å². The van der Waals surface area contributed by atoms with E-state index in [2.05, 4.69) is 15.3 Å². The first-order chi connectivity index (χ1) is 21.6. The van der Waals surface area contributed by atoms with Crippen LogP contribution < -0.4 is 10.4 Å². The van der Waals surface area contributed by atoms with Crippen molar-refractivity contribution in [2.24, 2.45) is 10.2 Å². The zero-order valence-corrected chi connectivity index (χ0v) is 23.8. The third-order valence-electron chi connectivity index (χ3n) is 6.79. The molecule has 10 heteroatoms. The van der Waals surface area contributed by atoms with E-state index >= 15 is 0 Å². The SMILES string of the molecule is O=C(c1ccccc1)c1nn(-c2ccccc2)/c(=N/N=Cc2cn(-c3ccccc3)nc2-c2cc3ccccc3oc2=O)s1. The molecule has 0 N–H and O–H groups in total. The third-order valence-corrected chi connectivity index (χ3v) is 7.69. The number of hydrogen-bond donors (Lipinski definition) is 0. The highest BCUT2D eigenvalue weighted by atomic mass is 32.1. The lowest BCUT2D eigenvalue weighted by Gasteiger charge is -2.01. The minimum absolute atomic E-state index is 0.208. The topological polar surface area (TPSA) is 108 Å². The number of fused-ring (bicyclic) bond motifs is 1. The van der Waals surface area contributed by atoms with Gasteiger partial charge in [-0.1, -0.05) is 96.3 Å². The van der Waals surface area contributed by atoms with Crippen LogP contribution in [-0.2, 0) is 0 Å². The third kappa shape index (κ3) is 5.33. The van der Waals surface area contributed by atoms with Gasteiger partial charge in [0.1, 0.15) is 11.3 Å². The molecule has 3 heterocycles. The van der Waals surface area contributed by atoms with E-state index in [0.717, 1.165) is 28.1 Å². The van der Waals surface area contributed by atoms with E-state index in [0.29, 0.717) is 32.8 Å². The Morgan fingerprint density at radius 2 is 1.45 bits per heavy atom. The summed E-state index contributed by atoms with van der Waals surface area (Å²) in [6.07, 6.45) is 3.31. The average molecular weight is 595 g/mol. The minimum Gasteiger partial charge on any atom is -0.422 e. The Morgan fingerprint density at radius 1 is 0.795 bits per heavy atom. The molecule has 0 atom stereocenters. The van der Waals surface area contributed by atoms with Gasteiger partial charge in [-0.25, -0.2) is 14.2 Å². The summed E-state index contributed by atoms with van der Waals surface area (Å²) in [7, 11) is 0. The highest BCUT2D eigenvalue weighted by Crippen LogP contribution is 2.24. The van der Waals surface area contributed by atoms with Gasteiger partial charge in [-0.15, -0.1) is 5.10 Å². The number of nitrogens with zero attached hydrogens (tertiary/aromatic N) is 6. The van der Waals surface area contributed by atoms with Crippen molar-refractivity contribution in [1.82, 2.24) is 19.6 Å². The molecular formula is C34H22N6O3S. The lowest BCUT2D eigenvalue weighted by molar-refractivity contribution is 0.103. The maximum Gasteiger partial charge on any atom is 0.345 e. The number of hydrogen-bond acceptors (Lipinski definition) is 8. The highest BCUT2D eigenvalue weighted by molar-refractivity contribution is 7.11. The lowest BCUT2D eigenvalue weighted by atomic mass is 10.1. The van der Waals surface area contributed by atoms with Crippen molar-refractivity contribution in [2.45, 2.75) is 0 Å². The zero-order chi connectivity index (χ0) is 29.9. The number of rotatable bonds is 7. The normalized spacial score (nSPS) is 11.9. The van der Waals surface area contributed by atoms with Crippen LogP contribution in [0.1, 0.15) is 20.9 Å². The second-order valence-corrected chi connectivity index (χ2v) is 10.6. The first-order valence-electron chi connectivity index (χ1n) is 13.6. The van der Waals surface area contributed by atoms with Gasteiger partial charge in [-0.05, 0) is 36.4 Å². The second-order valence-electron chi connectivity index (χ2n) is 9.68. The molecule has 3 aromatic heterocycles. The van der Waals surface area contributed by atoms with Gasteiger partial charge in [0.05, 0.1) is 23.2 Å². The number of para-hydroxylation sites is 3. The maximum absolute atomic E-state index is 13.2. The summed E-state index contributed by atoms with van der Waals surface area (Å²) in [5.41, 5.74) is 3.30. The lowest BCUT2D eigenvalue weighted by Crippen LogP contribution is -2.14. The predicted molar refractivity (Wildman–Crippen MR) is 170 cm³/mol.